The zero-order valence-corrected chi connectivity index (χ0v) is 12.0. The Hall–Kier alpha value is -0.930. The van der Waals surface area contributed by atoms with Gasteiger partial charge in [0.1, 0.15) is 5.82 Å². The van der Waals surface area contributed by atoms with Crippen LogP contribution in [-0.4, -0.2) is 37.1 Å². The summed E-state index contributed by atoms with van der Waals surface area (Å²) in [6, 6.07) is 7.44. The molecule has 2 rings (SSSR count). The fraction of sp³-hybridized carbons (Fsp3) is 0.625. The van der Waals surface area contributed by atoms with Crippen molar-refractivity contribution in [2.75, 3.05) is 26.2 Å². The molecule has 1 N–H and O–H groups in total. The van der Waals surface area contributed by atoms with Gasteiger partial charge in [0.15, 0.2) is 0 Å². The third kappa shape index (κ3) is 4.59. The first-order valence-corrected chi connectivity index (χ1v) is 7.34. The maximum absolute atomic E-state index is 12.9. The van der Waals surface area contributed by atoms with Crippen LogP contribution < -0.4 is 5.32 Å². The average molecular weight is 264 g/mol. The molecule has 1 aromatic carbocycles. The SMILES string of the molecule is CC1CNCCCN(C(C)Cc2ccc(F)cc2)C1. The molecule has 0 aliphatic carbocycles. The van der Waals surface area contributed by atoms with Crippen LogP contribution in [0.4, 0.5) is 4.39 Å². The molecule has 0 bridgehead atoms. The highest BCUT2D eigenvalue weighted by Crippen LogP contribution is 2.13. The molecule has 1 aliphatic rings. The number of rotatable bonds is 3. The first-order valence-electron chi connectivity index (χ1n) is 7.34. The van der Waals surface area contributed by atoms with Crippen molar-refractivity contribution in [1.29, 1.82) is 0 Å². The van der Waals surface area contributed by atoms with E-state index in [4.69, 9.17) is 0 Å². The summed E-state index contributed by atoms with van der Waals surface area (Å²) in [7, 11) is 0. The molecule has 2 nitrogen and oxygen atoms in total. The highest BCUT2D eigenvalue weighted by Gasteiger charge is 2.18. The van der Waals surface area contributed by atoms with Crippen LogP contribution in [0.25, 0.3) is 0 Å². The van der Waals surface area contributed by atoms with Gasteiger partial charge in [-0.25, -0.2) is 4.39 Å². The van der Waals surface area contributed by atoms with Crippen LogP contribution in [0.3, 0.4) is 0 Å². The summed E-state index contributed by atoms with van der Waals surface area (Å²) in [6.45, 7) is 9.11. The monoisotopic (exact) mass is 264 g/mol. The predicted molar refractivity (Wildman–Crippen MR) is 77.8 cm³/mol. The maximum Gasteiger partial charge on any atom is 0.123 e. The fourth-order valence-corrected chi connectivity index (χ4v) is 2.80. The number of nitrogens with one attached hydrogen (secondary N) is 1. The summed E-state index contributed by atoms with van der Waals surface area (Å²) in [5.74, 6) is 0.540. The molecule has 1 heterocycles. The second-order valence-electron chi connectivity index (χ2n) is 5.84. The molecule has 1 aromatic rings. The molecule has 1 saturated heterocycles. The third-order valence-corrected chi connectivity index (χ3v) is 3.91. The molecule has 0 amide bonds. The third-order valence-electron chi connectivity index (χ3n) is 3.91. The zero-order chi connectivity index (χ0) is 13.7. The van der Waals surface area contributed by atoms with E-state index in [2.05, 4.69) is 24.1 Å². The lowest BCUT2D eigenvalue weighted by Gasteiger charge is -2.33. The molecule has 19 heavy (non-hydrogen) atoms. The molecule has 0 saturated carbocycles. The van der Waals surface area contributed by atoms with E-state index in [0.717, 1.165) is 32.6 Å². The van der Waals surface area contributed by atoms with Gasteiger partial charge >= 0.3 is 0 Å². The molecule has 3 heteroatoms. The van der Waals surface area contributed by atoms with Crippen molar-refractivity contribution in [3.8, 4) is 0 Å². The summed E-state index contributed by atoms with van der Waals surface area (Å²) in [6.07, 6.45) is 2.21. The summed E-state index contributed by atoms with van der Waals surface area (Å²) < 4.78 is 12.9. The average Bonchev–Trinajstić information content (AvgIpc) is 2.36. The second kappa shape index (κ2) is 7.01. The summed E-state index contributed by atoms with van der Waals surface area (Å²) >= 11 is 0. The Kier molecular flexibility index (Phi) is 5.34. The Morgan fingerprint density at radius 1 is 1.37 bits per heavy atom. The van der Waals surface area contributed by atoms with E-state index in [9.17, 15) is 4.39 Å². The molecule has 0 aromatic heterocycles. The Bertz CT molecular complexity index is 377. The van der Waals surface area contributed by atoms with E-state index in [1.54, 1.807) is 12.1 Å². The van der Waals surface area contributed by atoms with Crippen LogP contribution in [0.1, 0.15) is 25.8 Å². The van der Waals surface area contributed by atoms with Crippen LogP contribution in [0.5, 0.6) is 0 Å². The molecule has 2 atom stereocenters. The van der Waals surface area contributed by atoms with Gasteiger partial charge in [-0.1, -0.05) is 19.1 Å². The van der Waals surface area contributed by atoms with Gasteiger partial charge in [0.05, 0.1) is 0 Å². The number of hydrogen-bond donors (Lipinski definition) is 1. The van der Waals surface area contributed by atoms with E-state index in [0.29, 0.717) is 12.0 Å². The predicted octanol–water partition coefficient (Wildman–Crippen LogP) is 2.69. The Morgan fingerprint density at radius 3 is 2.84 bits per heavy atom. The lowest BCUT2D eigenvalue weighted by molar-refractivity contribution is 0.165. The van der Waals surface area contributed by atoms with Crippen LogP contribution >= 0.6 is 0 Å². The van der Waals surface area contributed by atoms with E-state index in [-0.39, 0.29) is 5.82 Å². The lowest BCUT2D eigenvalue weighted by Crippen LogP contribution is -2.43. The second-order valence-corrected chi connectivity index (χ2v) is 5.84. The minimum Gasteiger partial charge on any atom is -0.316 e. The molecule has 106 valence electrons. The normalized spacial score (nSPS) is 23.6. The largest absolute Gasteiger partial charge is 0.316 e. The molecule has 0 radical (unpaired) electrons. The highest BCUT2D eigenvalue weighted by atomic mass is 19.1. The van der Waals surface area contributed by atoms with Crippen molar-refractivity contribution in [2.24, 2.45) is 5.92 Å². The Morgan fingerprint density at radius 2 is 2.11 bits per heavy atom. The number of hydrogen-bond acceptors (Lipinski definition) is 2. The minimum atomic E-state index is -0.151. The number of nitrogens with zero attached hydrogens (tertiary/aromatic N) is 1. The lowest BCUT2D eigenvalue weighted by atomic mass is 10.0. The Labute approximate surface area is 116 Å². The Balaban J connectivity index is 1.93. The van der Waals surface area contributed by atoms with Crippen molar-refractivity contribution in [3.63, 3.8) is 0 Å². The summed E-state index contributed by atoms with van der Waals surface area (Å²) in [4.78, 5) is 2.58. The first kappa shape index (κ1) is 14.5. The molecule has 2 unspecified atom stereocenters. The van der Waals surface area contributed by atoms with Crippen LogP contribution in [0, 0.1) is 11.7 Å². The number of halogens is 1. The standard InChI is InChI=1S/C16H25FN2/c1-13-11-18-8-3-9-19(12-13)14(2)10-15-4-6-16(17)7-5-15/h4-7,13-14,18H,3,8-12H2,1-2H3. The summed E-state index contributed by atoms with van der Waals surface area (Å²) in [5, 5.41) is 3.48. The van der Waals surface area contributed by atoms with Crippen molar-refractivity contribution >= 4 is 0 Å². The molecule has 1 aliphatic heterocycles. The quantitative estimate of drug-likeness (QED) is 0.903. The van der Waals surface area contributed by atoms with Gasteiger partial charge < -0.3 is 5.32 Å². The van der Waals surface area contributed by atoms with Crippen LogP contribution in [0.2, 0.25) is 0 Å². The van der Waals surface area contributed by atoms with Gasteiger partial charge in [0.25, 0.3) is 0 Å². The zero-order valence-electron chi connectivity index (χ0n) is 12.0. The van der Waals surface area contributed by atoms with E-state index in [1.165, 1.54) is 12.0 Å². The highest BCUT2D eigenvalue weighted by molar-refractivity contribution is 5.17. The minimum absolute atomic E-state index is 0.151. The molecule has 1 fully saturated rings. The fourth-order valence-electron chi connectivity index (χ4n) is 2.80. The van der Waals surface area contributed by atoms with E-state index in [1.807, 2.05) is 12.1 Å². The van der Waals surface area contributed by atoms with Crippen LogP contribution in [-0.2, 0) is 6.42 Å². The van der Waals surface area contributed by atoms with Gasteiger partial charge in [-0.2, -0.15) is 0 Å². The first-order chi connectivity index (χ1) is 9.15. The molecular formula is C16H25FN2. The van der Waals surface area contributed by atoms with Gasteiger partial charge in [-0.15, -0.1) is 0 Å². The number of benzene rings is 1. The van der Waals surface area contributed by atoms with E-state index >= 15 is 0 Å². The van der Waals surface area contributed by atoms with Gasteiger partial charge in [-0.3, -0.25) is 4.90 Å². The van der Waals surface area contributed by atoms with Crippen molar-refractivity contribution in [2.45, 2.75) is 32.7 Å². The van der Waals surface area contributed by atoms with Gasteiger partial charge in [0.2, 0.25) is 0 Å². The summed E-state index contributed by atoms with van der Waals surface area (Å²) in [5.41, 5.74) is 1.22. The van der Waals surface area contributed by atoms with Crippen LogP contribution in [0.15, 0.2) is 24.3 Å². The molecule has 0 spiro atoms. The van der Waals surface area contributed by atoms with Crippen molar-refractivity contribution < 1.29 is 4.39 Å². The molecular weight excluding hydrogens is 239 g/mol. The smallest absolute Gasteiger partial charge is 0.123 e. The van der Waals surface area contributed by atoms with Gasteiger partial charge in [-0.05, 0) is 63.0 Å². The topological polar surface area (TPSA) is 15.3 Å². The maximum atomic E-state index is 12.9. The van der Waals surface area contributed by atoms with Crippen molar-refractivity contribution in [3.05, 3.63) is 35.6 Å². The van der Waals surface area contributed by atoms with E-state index < -0.39 is 0 Å². The van der Waals surface area contributed by atoms with Crippen molar-refractivity contribution in [1.82, 2.24) is 10.2 Å². The van der Waals surface area contributed by atoms with Gasteiger partial charge in [0, 0.05) is 12.6 Å².